The van der Waals surface area contributed by atoms with Gasteiger partial charge < -0.3 is 15.2 Å². The lowest BCUT2D eigenvalue weighted by Crippen LogP contribution is -2.28. The molecule has 2 aromatic carbocycles. The molecule has 5 heteroatoms. The van der Waals surface area contributed by atoms with Gasteiger partial charge in [0.2, 0.25) is 5.91 Å². The van der Waals surface area contributed by atoms with E-state index >= 15 is 0 Å². The van der Waals surface area contributed by atoms with Gasteiger partial charge in [0.25, 0.3) is 0 Å². The second-order valence-corrected chi connectivity index (χ2v) is 5.48. The Balaban J connectivity index is 1.75. The molecule has 2 N–H and O–H groups in total. The second-order valence-electron chi connectivity index (χ2n) is 5.48. The molecule has 126 valence electrons. The van der Waals surface area contributed by atoms with Crippen molar-refractivity contribution in [1.82, 2.24) is 5.32 Å². The molecular weight excluding hydrogens is 306 g/mol. The smallest absolute Gasteiger partial charge is 0.303 e. The van der Waals surface area contributed by atoms with Crippen LogP contribution in [0.3, 0.4) is 0 Å². The number of nitrogens with one attached hydrogen (secondary N) is 1. The molecule has 0 spiro atoms. The molecule has 2 aromatic rings. The first-order valence-electron chi connectivity index (χ1n) is 7.83. The molecular formula is C19H21NO4. The number of rotatable bonds is 8. The Bertz CT molecular complexity index is 678. The monoisotopic (exact) mass is 327 g/mol. The average molecular weight is 327 g/mol. The van der Waals surface area contributed by atoms with Crippen molar-refractivity contribution in [3.63, 3.8) is 0 Å². The molecule has 0 saturated carbocycles. The van der Waals surface area contributed by atoms with E-state index < -0.39 is 5.97 Å². The predicted octanol–water partition coefficient (Wildman–Crippen LogP) is 3.02. The number of amides is 1. The molecule has 0 aliphatic carbocycles. The Hall–Kier alpha value is -2.82. The largest absolute Gasteiger partial charge is 0.492 e. The van der Waals surface area contributed by atoms with Crippen LogP contribution in [-0.4, -0.2) is 30.1 Å². The van der Waals surface area contributed by atoms with Gasteiger partial charge in [-0.3, -0.25) is 9.59 Å². The Morgan fingerprint density at radius 2 is 1.54 bits per heavy atom. The van der Waals surface area contributed by atoms with Crippen LogP contribution in [0.25, 0.3) is 11.1 Å². The highest BCUT2D eigenvalue weighted by molar-refractivity contribution is 5.80. The zero-order valence-electron chi connectivity index (χ0n) is 13.6. The lowest BCUT2D eigenvalue weighted by atomic mass is 10.0. The van der Waals surface area contributed by atoms with Gasteiger partial charge in [0.15, 0.2) is 0 Å². The number of carboxylic acid groups (broad SMARTS) is 1. The summed E-state index contributed by atoms with van der Waals surface area (Å²) < 4.78 is 5.56. The molecule has 5 nitrogen and oxygen atoms in total. The molecule has 1 amide bonds. The number of carboxylic acids is 1. The molecule has 0 fully saturated rings. The summed E-state index contributed by atoms with van der Waals surface area (Å²) >= 11 is 0. The van der Waals surface area contributed by atoms with Crippen LogP contribution in [0.15, 0.2) is 48.5 Å². The summed E-state index contributed by atoms with van der Waals surface area (Å²) in [6.07, 6.45) is -0.173. The first-order valence-corrected chi connectivity index (χ1v) is 7.83. The summed E-state index contributed by atoms with van der Waals surface area (Å²) in [7, 11) is 0. The molecule has 24 heavy (non-hydrogen) atoms. The number of aryl methyl sites for hydroxylation is 1. The predicted molar refractivity (Wildman–Crippen MR) is 92.0 cm³/mol. The zero-order valence-corrected chi connectivity index (χ0v) is 13.6. The molecule has 0 atom stereocenters. The number of aliphatic carboxylic acids is 1. The van der Waals surface area contributed by atoms with E-state index in [1.165, 1.54) is 5.56 Å². The summed E-state index contributed by atoms with van der Waals surface area (Å²) in [5, 5.41) is 11.1. The topological polar surface area (TPSA) is 75.6 Å². The van der Waals surface area contributed by atoms with Gasteiger partial charge in [-0.2, -0.15) is 0 Å². The SMILES string of the molecule is Cc1ccc(-c2ccc(OCCNC(=O)CCC(=O)O)cc2)cc1. The van der Waals surface area contributed by atoms with E-state index in [1.807, 2.05) is 24.3 Å². The van der Waals surface area contributed by atoms with Crippen LogP contribution in [0, 0.1) is 6.92 Å². The lowest BCUT2D eigenvalue weighted by molar-refractivity contribution is -0.138. The number of hydrogen-bond donors (Lipinski definition) is 2. The lowest BCUT2D eigenvalue weighted by Gasteiger charge is -2.08. The fraction of sp³-hybridized carbons (Fsp3) is 0.263. The number of hydrogen-bond acceptors (Lipinski definition) is 3. The third-order valence-corrected chi connectivity index (χ3v) is 3.50. The Morgan fingerprint density at radius 3 is 2.12 bits per heavy atom. The summed E-state index contributed by atoms with van der Waals surface area (Å²) in [6, 6.07) is 16.1. The van der Waals surface area contributed by atoms with Crippen molar-refractivity contribution in [2.24, 2.45) is 0 Å². The van der Waals surface area contributed by atoms with Crippen LogP contribution in [0.5, 0.6) is 5.75 Å². The van der Waals surface area contributed by atoms with Gasteiger partial charge >= 0.3 is 5.97 Å². The van der Waals surface area contributed by atoms with Gasteiger partial charge in [-0.15, -0.1) is 0 Å². The van der Waals surface area contributed by atoms with Gasteiger partial charge in [0, 0.05) is 6.42 Å². The maximum Gasteiger partial charge on any atom is 0.303 e. The second kappa shape index (κ2) is 8.72. The van der Waals surface area contributed by atoms with Gasteiger partial charge in [0.05, 0.1) is 13.0 Å². The minimum absolute atomic E-state index is 0.0133. The van der Waals surface area contributed by atoms with E-state index in [0.29, 0.717) is 13.2 Å². The van der Waals surface area contributed by atoms with Gasteiger partial charge in [-0.1, -0.05) is 42.0 Å². The minimum Gasteiger partial charge on any atom is -0.492 e. The van der Waals surface area contributed by atoms with E-state index in [0.717, 1.165) is 16.9 Å². The van der Waals surface area contributed by atoms with Crippen molar-refractivity contribution >= 4 is 11.9 Å². The number of ether oxygens (including phenoxy) is 1. The van der Waals surface area contributed by atoms with Crippen molar-refractivity contribution in [2.45, 2.75) is 19.8 Å². The molecule has 0 saturated heterocycles. The van der Waals surface area contributed by atoms with Crippen molar-refractivity contribution in [1.29, 1.82) is 0 Å². The number of carbonyl (C=O) groups excluding carboxylic acids is 1. The summed E-state index contributed by atoms with van der Waals surface area (Å²) in [4.78, 5) is 21.7. The third-order valence-electron chi connectivity index (χ3n) is 3.50. The van der Waals surface area contributed by atoms with E-state index in [9.17, 15) is 9.59 Å². The van der Waals surface area contributed by atoms with Crippen molar-refractivity contribution in [3.05, 3.63) is 54.1 Å². The molecule has 0 heterocycles. The summed E-state index contributed by atoms with van der Waals surface area (Å²) in [6.45, 7) is 2.74. The highest BCUT2D eigenvalue weighted by Crippen LogP contribution is 2.22. The molecule has 0 bridgehead atoms. The highest BCUT2D eigenvalue weighted by atomic mass is 16.5. The Morgan fingerprint density at radius 1 is 0.958 bits per heavy atom. The fourth-order valence-corrected chi connectivity index (χ4v) is 2.16. The summed E-state index contributed by atoms with van der Waals surface area (Å²) in [5.74, 6) is -0.531. The molecule has 0 aromatic heterocycles. The minimum atomic E-state index is -0.977. The first-order chi connectivity index (χ1) is 11.5. The van der Waals surface area contributed by atoms with Gasteiger partial charge in [-0.25, -0.2) is 0 Å². The van der Waals surface area contributed by atoms with Crippen LogP contribution in [0.4, 0.5) is 0 Å². The Labute approximate surface area is 141 Å². The normalized spacial score (nSPS) is 10.2. The van der Waals surface area contributed by atoms with Crippen molar-refractivity contribution < 1.29 is 19.4 Å². The van der Waals surface area contributed by atoms with E-state index in [1.54, 1.807) is 0 Å². The van der Waals surface area contributed by atoms with Crippen LogP contribution < -0.4 is 10.1 Å². The van der Waals surface area contributed by atoms with Gasteiger partial charge in [-0.05, 0) is 30.2 Å². The van der Waals surface area contributed by atoms with Gasteiger partial charge in [0.1, 0.15) is 12.4 Å². The van der Waals surface area contributed by atoms with Crippen molar-refractivity contribution in [2.75, 3.05) is 13.2 Å². The molecule has 0 unspecified atom stereocenters. The molecule has 0 aliphatic rings. The van der Waals surface area contributed by atoms with Crippen molar-refractivity contribution in [3.8, 4) is 16.9 Å². The van der Waals surface area contributed by atoms with Crippen LogP contribution in [0.2, 0.25) is 0 Å². The molecule has 0 radical (unpaired) electrons. The van der Waals surface area contributed by atoms with E-state index in [-0.39, 0.29) is 18.7 Å². The van der Waals surface area contributed by atoms with Crippen LogP contribution in [0.1, 0.15) is 18.4 Å². The maximum absolute atomic E-state index is 11.4. The van der Waals surface area contributed by atoms with Crippen LogP contribution >= 0.6 is 0 Å². The molecule has 0 aliphatic heterocycles. The zero-order chi connectivity index (χ0) is 17.4. The number of carbonyl (C=O) groups is 2. The quantitative estimate of drug-likeness (QED) is 0.731. The first kappa shape index (κ1) is 17.5. The standard InChI is InChI=1S/C19H21NO4/c1-14-2-4-15(5-3-14)16-6-8-17(9-7-16)24-13-12-20-18(21)10-11-19(22)23/h2-9H,10-13H2,1H3,(H,20,21)(H,22,23). The van der Waals surface area contributed by atoms with E-state index in [2.05, 4.69) is 36.5 Å². The van der Waals surface area contributed by atoms with E-state index in [4.69, 9.17) is 9.84 Å². The summed E-state index contributed by atoms with van der Waals surface area (Å²) in [5.41, 5.74) is 3.49. The number of benzene rings is 2. The highest BCUT2D eigenvalue weighted by Gasteiger charge is 2.04. The average Bonchev–Trinajstić information content (AvgIpc) is 2.58. The third kappa shape index (κ3) is 5.76. The Kier molecular flexibility index (Phi) is 6.37. The fourth-order valence-electron chi connectivity index (χ4n) is 2.16. The molecule has 2 rings (SSSR count). The maximum atomic E-state index is 11.4. The van der Waals surface area contributed by atoms with Crippen LogP contribution in [-0.2, 0) is 9.59 Å².